The van der Waals surface area contributed by atoms with Gasteiger partial charge in [-0.05, 0) is 70.2 Å². The highest BCUT2D eigenvalue weighted by molar-refractivity contribution is 7.11. The van der Waals surface area contributed by atoms with Crippen molar-refractivity contribution >= 4 is 29.2 Å². The third-order valence-electron chi connectivity index (χ3n) is 4.92. The van der Waals surface area contributed by atoms with Gasteiger partial charge in [0.05, 0.1) is 12.3 Å². The highest BCUT2D eigenvalue weighted by atomic mass is 32.1. The van der Waals surface area contributed by atoms with E-state index in [9.17, 15) is 9.59 Å². The first kappa shape index (κ1) is 23.8. The summed E-state index contributed by atoms with van der Waals surface area (Å²) in [6.07, 6.45) is 1.63. The number of anilines is 1. The highest BCUT2D eigenvalue weighted by Gasteiger charge is 2.27. The Labute approximate surface area is 192 Å². The zero-order valence-electron chi connectivity index (χ0n) is 19.1. The van der Waals surface area contributed by atoms with Crippen LogP contribution in [0.4, 0.5) is 15.3 Å². The summed E-state index contributed by atoms with van der Waals surface area (Å²) in [4.78, 5) is 30.3. The van der Waals surface area contributed by atoms with Crippen LogP contribution in [-0.4, -0.2) is 47.4 Å². The molecule has 1 aliphatic heterocycles. The van der Waals surface area contributed by atoms with Crippen molar-refractivity contribution in [2.45, 2.75) is 52.6 Å². The molecule has 0 atom stereocenters. The van der Waals surface area contributed by atoms with Crippen molar-refractivity contribution in [2.24, 2.45) is 5.92 Å². The van der Waals surface area contributed by atoms with Gasteiger partial charge in [-0.3, -0.25) is 5.32 Å². The van der Waals surface area contributed by atoms with Crippen LogP contribution in [0.5, 0.6) is 10.9 Å². The average molecular weight is 462 g/mol. The van der Waals surface area contributed by atoms with E-state index >= 15 is 0 Å². The quantitative estimate of drug-likeness (QED) is 0.594. The Morgan fingerprint density at radius 3 is 2.47 bits per heavy atom. The van der Waals surface area contributed by atoms with E-state index in [1.165, 1.54) is 11.3 Å². The molecule has 0 aliphatic carbocycles. The van der Waals surface area contributed by atoms with Crippen LogP contribution in [0, 0.1) is 5.92 Å². The van der Waals surface area contributed by atoms with E-state index < -0.39 is 11.7 Å². The molecule has 1 aromatic heterocycles. The minimum Gasteiger partial charge on any atom is -0.449 e. The number of hydrogen-bond acceptors (Lipinski definition) is 7. The van der Waals surface area contributed by atoms with Gasteiger partial charge in [0.2, 0.25) is 0 Å². The van der Waals surface area contributed by atoms with Crippen LogP contribution < -0.4 is 10.1 Å². The zero-order chi connectivity index (χ0) is 23.1. The summed E-state index contributed by atoms with van der Waals surface area (Å²) < 4.78 is 16.5. The van der Waals surface area contributed by atoms with Gasteiger partial charge in [0.25, 0.3) is 5.19 Å². The second-order valence-electron chi connectivity index (χ2n) is 8.72. The molecule has 9 heteroatoms. The predicted octanol–water partition coefficient (Wildman–Crippen LogP) is 5.69. The van der Waals surface area contributed by atoms with Gasteiger partial charge >= 0.3 is 12.2 Å². The van der Waals surface area contributed by atoms with Gasteiger partial charge < -0.3 is 19.1 Å². The minimum absolute atomic E-state index is 0.224. The van der Waals surface area contributed by atoms with E-state index in [2.05, 4.69) is 10.3 Å². The van der Waals surface area contributed by atoms with Gasteiger partial charge in [0.1, 0.15) is 11.4 Å². The van der Waals surface area contributed by atoms with Crippen molar-refractivity contribution in [3.05, 3.63) is 35.3 Å². The SMILES string of the molecule is CCc1csc(Oc2ccc(NC(=O)OCC3CCN(C(=O)OC(C)(C)C)CC3)cc2)n1. The molecule has 1 aliphatic rings. The van der Waals surface area contributed by atoms with Crippen LogP contribution >= 0.6 is 11.3 Å². The van der Waals surface area contributed by atoms with Crippen molar-refractivity contribution in [3.8, 4) is 10.9 Å². The molecule has 0 spiro atoms. The van der Waals surface area contributed by atoms with Crippen LogP contribution in [0.1, 0.15) is 46.2 Å². The molecule has 174 valence electrons. The fourth-order valence-electron chi connectivity index (χ4n) is 3.16. The van der Waals surface area contributed by atoms with Crippen molar-refractivity contribution < 1.29 is 23.8 Å². The van der Waals surface area contributed by atoms with Crippen molar-refractivity contribution in [3.63, 3.8) is 0 Å². The summed E-state index contributed by atoms with van der Waals surface area (Å²) in [5.74, 6) is 0.874. The molecule has 1 saturated heterocycles. The Bertz CT molecular complexity index is 899. The number of benzene rings is 1. The molecule has 0 bridgehead atoms. The number of amides is 2. The van der Waals surface area contributed by atoms with Crippen LogP contribution in [0.3, 0.4) is 0 Å². The molecule has 8 nitrogen and oxygen atoms in total. The lowest BCUT2D eigenvalue weighted by Crippen LogP contribution is -2.42. The maximum atomic E-state index is 12.1. The number of piperidine rings is 1. The normalized spacial score (nSPS) is 14.7. The number of hydrogen-bond donors (Lipinski definition) is 1. The standard InChI is InChI=1S/C23H31N3O5S/c1-5-17-15-32-21(25-17)30-19-8-6-18(7-9-19)24-20(27)29-14-16-10-12-26(13-11-16)22(28)31-23(2,3)4/h6-9,15-16H,5,10-14H2,1-4H3,(H,24,27). The van der Waals surface area contributed by atoms with E-state index in [-0.39, 0.29) is 12.0 Å². The topological polar surface area (TPSA) is 90.0 Å². The number of ether oxygens (including phenoxy) is 3. The monoisotopic (exact) mass is 461 g/mol. The summed E-state index contributed by atoms with van der Waals surface area (Å²) >= 11 is 1.46. The van der Waals surface area contributed by atoms with Gasteiger partial charge in [-0.25, -0.2) is 14.6 Å². The van der Waals surface area contributed by atoms with Gasteiger partial charge in [0, 0.05) is 24.2 Å². The lowest BCUT2D eigenvalue weighted by Gasteiger charge is -2.33. The van der Waals surface area contributed by atoms with Crippen LogP contribution in [0.25, 0.3) is 0 Å². The average Bonchev–Trinajstić information content (AvgIpc) is 3.20. The maximum absolute atomic E-state index is 12.1. The first-order valence-electron chi connectivity index (χ1n) is 10.9. The maximum Gasteiger partial charge on any atom is 0.411 e. The zero-order valence-corrected chi connectivity index (χ0v) is 19.9. The Balaban J connectivity index is 1.37. The summed E-state index contributed by atoms with van der Waals surface area (Å²) in [7, 11) is 0. The number of aryl methyl sites for hydroxylation is 1. The van der Waals surface area contributed by atoms with E-state index in [0.717, 1.165) is 25.0 Å². The number of carbonyl (C=O) groups excluding carboxylic acids is 2. The second-order valence-corrected chi connectivity index (χ2v) is 9.54. The first-order chi connectivity index (χ1) is 15.2. The van der Waals surface area contributed by atoms with Crippen molar-refractivity contribution in [1.29, 1.82) is 0 Å². The van der Waals surface area contributed by atoms with Gasteiger partial charge in [0.15, 0.2) is 0 Å². The Hall–Kier alpha value is -2.81. The lowest BCUT2D eigenvalue weighted by atomic mass is 9.98. The summed E-state index contributed by atoms with van der Waals surface area (Å²) in [6, 6.07) is 7.05. The third-order valence-corrected chi connectivity index (χ3v) is 5.68. The Morgan fingerprint density at radius 1 is 1.19 bits per heavy atom. The Kier molecular flexibility index (Phi) is 7.95. The van der Waals surface area contributed by atoms with E-state index in [1.807, 2.05) is 33.1 Å². The summed E-state index contributed by atoms with van der Waals surface area (Å²) in [5.41, 5.74) is 1.12. The minimum atomic E-state index is -0.501. The van der Waals surface area contributed by atoms with Crippen molar-refractivity contribution in [2.75, 3.05) is 25.0 Å². The first-order valence-corrected chi connectivity index (χ1v) is 11.7. The molecule has 1 fully saturated rings. The largest absolute Gasteiger partial charge is 0.449 e. The third kappa shape index (κ3) is 7.40. The molecule has 1 aromatic carbocycles. The molecule has 2 amide bonds. The Morgan fingerprint density at radius 2 is 1.88 bits per heavy atom. The van der Waals surface area contributed by atoms with E-state index in [1.54, 1.807) is 29.2 Å². The smallest absolute Gasteiger partial charge is 0.411 e. The summed E-state index contributed by atoms with van der Waals surface area (Å²) in [5, 5.41) is 5.30. The number of carbonyl (C=O) groups is 2. The molecule has 1 N–H and O–H groups in total. The van der Waals surface area contributed by atoms with Gasteiger partial charge in [-0.2, -0.15) is 0 Å². The molecule has 0 saturated carbocycles. The number of aromatic nitrogens is 1. The molecule has 2 heterocycles. The highest BCUT2D eigenvalue weighted by Crippen LogP contribution is 2.26. The number of thiazole rings is 1. The van der Waals surface area contributed by atoms with Gasteiger partial charge in [-0.15, -0.1) is 0 Å². The molecule has 32 heavy (non-hydrogen) atoms. The fraction of sp³-hybridized carbons (Fsp3) is 0.522. The number of nitrogens with zero attached hydrogens (tertiary/aromatic N) is 2. The molecular formula is C23H31N3O5S. The molecule has 3 rings (SSSR count). The molecule has 0 radical (unpaired) electrons. The van der Waals surface area contributed by atoms with Crippen molar-refractivity contribution in [1.82, 2.24) is 9.88 Å². The van der Waals surface area contributed by atoms with E-state index in [4.69, 9.17) is 14.2 Å². The van der Waals surface area contributed by atoms with Gasteiger partial charge in [-0.1, -0.05) is 18.3 Å². The van der Waals surface area contributed by atoms with Crippen LogP contribution in [-0.2, 0) is 15.9 Å². The molecule has 0 unspecified atom stereocenters. The van der Waals surface area contributed by atoms with Crippen LogP contribution in [0.2, 0.25) is 0 Å². The molecular weight excluding hydrogens is 430 g/mol. The predicted molar refractivity (Wildman–Crippen MR) is 124 cm³/mol. The van der Waals surface area contributed by atoms with E-state index in [0.29, 0.717) is 36.3 Å². The van der Waals surface area contributed by atoms with Crippen LogP contribution in [0.15, 0.2) is 29.6 Å². The molecule has 2 aromatic rings. The second kappa shape index (κ2) is 10.7. The number of likely N-dealkylation sites (tertiary alicyclic amines) is 1. The fourth-order valence-corrected chi connectivity index (χ4v) is 3.93. The summed E-state index contributed by atoms with van der Waals surface area (Å²) in [6.45, 7) is 9.13. The number of nitrogens with one attached hydrogen (secondary N) is 1. The lowest BCUT2D eigenvalue weighted by molar-refractivity contribution is 0.0153. The number of rotatable bonds is 6.